The van der Waals surface area contributed by atoms with E-state index in [4.69, 9.17) is 4.74 Å². The third-order valence-corrected chi connectivity index (χ3v) is 3.94. The maximum atomic E-state index is 11.8. The summed E-state index contributed by atoms with van der Waals surface area (Å²) in [6.07, 6.45) is 1.33. The number of Topliss-reactive ketones (excluding diaryl/α,β-unsaturated/α-hetero) is 1. The molecule has 2 rings (SSSR count). The number of rotatable bonds is 3. The van der Waals surface area contributed by atoms with Crippen molar-refractivity contribution in [2.75, 3.05) is 6.61 Å². The summed E-state index contributed by atoms with van der Waals surface area (Å²) >= 11 is 0. The van der Waals surface area contributed by atoms with Crippen molar-refractivity contribution >= 4 is 17.7 Å². The van der Waals surface area contributed by atoms with Gasteiger partial charge < -0.3 is 9.84 Å². The van der Waals surface area contributed by atoms with Gasteiger partial charge in [0.05, 0.1) is 6.61 Å². The quantitative estimate of drug-likeness (QED) is 0.588. The van der Waals surface area contributed by atoms with Gasteiger partial charge in [0.1, 0.15) is 5.78 Å². The van der Waals surface area contributed by atoms with Gasteiger partial charge in [0, 0.05) is 12.8 Å². The summed E-state index contributed by atoms with van der Waals surface area (Å²) < 4.78 is 4.88. The molecular weight excluding hydrogens is 224 g/mol. The SMILES string of the molecule is CCOC(=O)C1(C(=O)O)CC2CC(=O)CC2C1. The van der Waals surface area contributed by atoms with Gasteiger partial charge in [-0.05, 0) is 31.6 Å². The summed E-state index contributed by atoms with van der Waals surface area (Å²) in [5, 5.41) is 9.30. The summed E-state index contributed by atoms with van der Waals surface area (Å²) in [7, 11) is 0. The zero-order valence-electron chi connectivity index (χ0n) is 9.77. The summed E-state index contributed by atoms with van der Waals surface area (Å²) in [4.78, 5) is 34.5. The summed E-state index contributed by atoms with van der Waals surface area (Å²) in [5.74, 6) is -1.49. The Morgan fingerprint density at radius 3 is 2.29 bits per heavy atom. The lowest BCUT2D eigenvalue weighted by atomic mass is 9.83. The summed E-state index contributed by atoms with van der Waals surface area (Å²) in [6.45, 7) is 1.84. The highest BCUT2D eigenvalue weighted by Gasteiger charge is 2.58. The monoisotopic (exact) mass is 240 g/mol. The fourth-order valence-corrected chi connectivity index (χ4v) is 3.16. The van der Waals surface area contributed by atoms with Crippen LogP contribution in [-0.2, 0) is 19.1 Å². The molecule has 5 nitrogen and oxygen atoms in total. The van der Waals surface area contributed by atoms with E-state index in [2.05, 4.69) is 0 Å². The van der Waals surface area contributed by atoms with Crippen molar-refractivity contribution in [3.05, 3.63) is 0 Å². The third kappa shape index (κ3) is 1.83. The molecule has 0 radical (unpaired) electrons. The Bertz CT molecular complexity index is 357. The van der Waals surface area contributed by atoms with Crippen LogP contribution in [0.4, 0.5) is 0 Å². The Labute approximate surface area is 99.1 Å². The van der Waals surface area contributed by atoms with Crippen molar-refractivity contribution < 1.29 is 24.2 Å². The fraction of sp³-hybridized carbons (Fsp3) is 0.750. The maximum Gasteiger partial charge on any atom is 0.323 e. The number of carbonyl (C=O) groups excluding carboxylic acids is 2. The van der Waals surface area contributed by atoms with Crippen molar-refractivity contribution in [3.8, 4) is 0 Å². The zero-order valence-corrected chi connectivity index (χ0v) is 9.77. The second-order valence-electron chi connectivity index (χ2n) is 4.98. The van der Waals surface area contributed by atoms with Crippen molar-refractivity contribution in [3.63, 3.8) is 0 Å². The molecule has 94 valence electrons. The average Bonchev–Trinajstić information content (AvgIpc) is 2.72. The van der Waals surface area contributed by atoms with Crippen LogP contribution >= 0.6 is 0 Å². The molecule has 2 aliphatic rings. The normalized spacial score (nSPS) is 35.7. The number of aliphatic carboxylic acids is 1. The topological polar surface area (TPSA) is 80.7 Å². The predicted octanol–water partition coefficient (Wildman–Crippen LogP) is 1.01. The number of esters is 1. The van der Waals surface area contributed by atoms with Crippen LogP contribution in [0.15, 0.2) is 0 Å². The van der Waals surface area contributed by atoms with Crippen LogP contribution in [0.3, 0.4) is 0 Å². The largest absolute Gasteiger partial charge is 0.480 e. The van der Waals surface area contributed by atoms with Gasteiger partial charge in [-0.3, -0.25) is 14.4 Å². The molecule has 0 heterocycles. The molecule has 2 saturated carbocycles. The van der Waals surface area contributed by atoms with Gasteiger partial charge >= 0.3 is 11.9 Å². The lowest BCUT2D eigenvalue weighted by Crippen LogP contribution is -2.39. The number of carbonyl (C=O) groups is 3. The molecule has 0 bridgehead atoms. The molecule has 0 aromatic rings. The van der Waals surface area contributed by atoms with Gasteiger partial charge in [-0.1, -0.05) is 0 Å². The van der Waals surface area contributed by atoms with Crippen LogP contribution in [-0.4, -0.2) is 29.4 Å². The second kappa shape index (κ2) is 4.13. The Morgan fingerprint density at radius 2 is 1.88 bits per heavy atom. The van der Waals surface area contributed by atoms with Gasteiger partial charge in [-0.15, -0.1) is 0 Å². The molecule has 0 aromatic heterocycles. The molecule has 2 atom stereocenters. The molecule has 17 heavy (non-hydrogen) atoms. The number of carboxylic acids is 1. The number of hydrogen-bond donors (Lipinski definition) is 1. The van der Waals surface area contributed by atoms with E-state index in [1.807, 2.05) is 0 Å². The minimum atomic E-state index is -1.41. The Balaban J connectivity index is 2.20. The van der Waals surface area contributed by atoms with Gasteiger partial charge in [-0.2, -0.15) is 0 Å². The zero-order chi connectivity index (χ0) is 12.6. The van der Waals surface area contributed by atoms with E-state index in [9.17, 15) is 19.5 Å². The molecule has 0 amide bonds. The van der Waals surface area contributed by atoms with Gasteiger partial charge in [0.25, 0.3) is 0 Å². The Kier molecular flexibility index (Phi) is 2.93. The predicted molar refractivity (Wildman–Crippen MR) is 57.2 cm³/mol. The highest BCUT2D eigenvalue weighted by Crippen LogP contribution is 2.52. The highest BCUT2D eigenvalue weighted by molar-refractivity contribution is 6.00. The van der Waals surface area contributed by atoms with Crippen molar-refractivity contribution in [1.82, 2.24) is 0 Å². The van der Waals surface area contributed by atoms with Crippen molar-refractivity contribution in [1.29, 1.82) is 0 Å². The lowest BCUT2D eigenvalue weighted by Gasteiger charge is -2.22. The smallest absolute Gasteiger partial charge is 0.323 e. The standard InChI is InChI=1S/C12H16O5/c1-2-17-11(16)12(10(14)15)5-7-3-9(13)4-8(7)6-12/h7-8H,2-6H2,1H3,(H,14,15). The molecular formula is C12H16O5. The third-order valence-electron chi connectivity index (χ3n) is 3.94. The Hall–Kier alpha value is -1.39. The molecule has 2 unspecified atom stereocenters. The molecule has 0 aromatic carbocycles. The molecule has 0 spiro atoms. The first kappa shape index (κ1) is 12.1. The van der Waals surface area contributed by atoms with Crippen LogP contribution < -0.4 is 0 Å². The van der Waals surface area contributed by atoms with E-state index >= 15 is 0 Å². The maximum absolute atomic E-state index is 11.8. The molecule has 2 aliphatic carbocycles. The van der Waals surface area contributed by atoms with Crippen LogP contribution in [0.25, 0.3) is 0 Å². The minimum absolute atomic E-state index is 0.0445. The number of hydrogen-bond acceptors (Lipinski definition) is 4. The number of fused-ring (bicyclic) bond motifs is 1. The minimum Gasteiger partial charge on any atom is -0.480 e. The van der Waals surface area contributed by atoms with Gasteiger partial charge in [0.15, 0.2) is 5.41 Å². The summed E-state index contributed by atoms with van der Waals surface area (Å²) in [5.41, 5.74) is -1.41. The van der Waals surface area contributed by atoms with Crippen LogP contribution in [0.5, 0.6) is 0 Å². The fourth-order valence-electron chi connectivity index (χ4n) is 3.16. The lowest BCUT2D eigenvalue weighted by molar-refractivity contribution is -0.168. The first-order chi connectivity index (χ1) is 7.99. The van der Waals surface area contributed by atoms with E-state index in [-0.39, 0.29) is 37.1 Å². The van der Waals surface area contributed by atoms with Crippen LogP contribution in [0.2, 0.25) is 0 Å². The van der Waals surface area contributed by atoms with Crippen molar-refractivity contribution in [2.45, 2.75) is 32.6 Å². The molecule has 0 aliphatic heterocycles. The van der Waals surface area contributed by atoms with E-state index in [0.29, 0.717) is 12.8 Å². The van der Waals surface area contributed by atoms with Crippen LogP contribution in [0, 0.1) is 17.3 Å². The van der Waals surface area contributed by atoms with Gasteiger partial charge in [-0.25, -0.2) is 0 Å². The van der Waals surface area contributed by atoms with E-state index < -0.39 is 17.4 Å². The average molecular weight is 240 g/mol. The molecule has 1 N–H and O–H groups in total. The van der Waals surface area contributed by atoms with Gasteiger partial charge in [0.2, 0.25) is 0 Å². The first-order valence-corrected chi connectivity index (χ1v) is 5.92. The number of ether oxygens (including phenoxy) is 1. The number of ketones is 1. The second-order valence-corrected chi connectivity index (χ2v) is 4.98. The van der Waals surface area contributed by atoms with E-state index in [1.165, 1.54) is 0 Å². The van der Waals surface area contributed by atoms with Crippen LogP contribution in [0.1, 0.15) is 32.6 Å². The van der Waals surface area contributed by atoms with E-state index in [0.717, 1.165) is 0 Å². The molecule has 5 heteroatoms. The highest BCUT2D eigenvalue weighted by atomic mass is 16.5. The molecule has 0 saturated heterocycles. The van der Waals surface area contributed by atoms with Crippen molar-refractivity contribution in [2.24, 2.45) is 17.3 Å². The molecule has 2 fully saturated rings. The number of carboxylic acid groups (broad SMARTS) is 1. The first-order valence-electron chi connectivity index (χ1n) is 5.92. The van der Waals surface area contributed by atoms with E-state index in [1.54, 1.807) is 6.92 Å². The Morgan fingerprint density at radius 1 is 1.35 bits per heavy atom. The summed E-state index contributed by atoms with van der Waals surface area (Å²) in [6, 6.07) is 0.